The van der Waals surface area contributed by atoms with Gasteiger partial charge in [0.05, 0.1) is 12.7 Å². The average Bonchev–Trinajstić information content (AvgIpc) is 3.40. The van der Waals surface area contributed by atoms with E-state index in [1.807, 2.05) is 6.07 Å². The van der Waals surface area contributed by atoms with Crippen LogP contribution in [0.15, 0.2) is 57.7 Å². The van der Waals surface area contributed by atoms with Gasteiger partial charge in [0.15, 0.2) is 16.8 Å². The predicted octanol–water partition coefficient (Wildman–Crippen LogP) is 4.40. The monoisotopic (exact) mass is 451 g/mol. The number of nitriles is 1. The Hall–Kier alpha value is -4.59. The minimum atomic E-state index is -4.97. The number of aromatic nitrogens is 4. The second kappa shape index (κ2) is 7.23. The van der Waals surface area contributed by atoms with E-state index in [2.05, 4.69) is 15.1 Å². The van der Waals surface area contributed by atoms with Crippen molar-refractivity contribution in [3.05, 3.63) is 70.3 Å². The number of nitrogens with zero attached hydrogens (tertiary/aromatic N) is 4. The van der Waals surface area contributed by atoms with Crippen LogP contribution in [-0.4, -0.2) is 26.7 Å². The Morgan fingerprint density at radius 3 is 2.55 bits per heavy atom. The van der Waals surface area contributed by atoms with Crippen molar-refractivity contribution < 1.29 is 22.3 Å². The summed E-state index contributed by atoms with van der Waals surface area (Å²) in [6, 6.07) is 14.7. The molecule has 3 heterocycles. The van der Waals surface area contributed by atoms with Gasteiger partial charge in [-0.05, 0) is 17.7 Å². The molecule has 0 saturated carbocycles. The Labute approximate surface area is 182 Å². The Kier molecular flexibility index (Phi) is 4.45. The van der Waals surface area contributed by atoms with Gasteiger partial charge in [-0.3, -0.25) is 4.79 Å². The van der Waals surface area contributed by atoms with Crippen molar-refractivity contribution in [1.82, 2.24) is 19.6 Å². The van der Waals surface area contributed by atoms with E-state index in [9.17, 15) is 23.2 Å². The number of nitrogens with one attached hydrogen (secondary N) is 1. The fraction of sp³-hybridized carbons (Fsp3) is 0.0909. The number of halogens is 3. The highest BCUT2D eigenvalue weighted by atomic mass is 19.4. The number of benzene rings is 2. The van der Waals surface area contributed by atoms with Crippen molar-refractivity contribution in [1.29, 1.82) is 5.26 Å². The second-order valence-electron chi connectivity index (χ2n) is 6.97. The summed E-state index contributed by atoms with van der Waals surface area (Å²) in [6.07, 6.45) is -4.97. The molecule has 0 saturated heterocycles. The van der Waals surface area contributed by atoms with Gasteiger partial charge in [-0.1, -0.05) is 36.4 Å². The number of fused-ring (bicyclic) bond motifs is 2. The van der Waals surface area contributed by atoms with Crippen LogP contribution in [0, 0.1) is 11.3 Å². The maximum absolute atomic E-state index is 14.1. The minimum Gasteiger partial charge on any atom is -0.494 e. The molecule has 0 amide bonds. The molecule has 8 nitrogen and oxygen atoms in total. The number of alkyl halides is 3. The summed E-state index contributed by atoms with van der Waals surface area (Å²) in [4.78, 5) is 19.6. The van der Waals surface area contributed by atoms with E-state index in [-0.39, 0.29) is 33.8 Å². The molecular formula is C22H12F3N5O3. The molecule has 0 atom stereocenters. The first-order valence-corrected chi connectivity index (χ1v) is 9.49. The Morgan fingerprint density at radius 1 is 1.12 bits per heavy atom. The van der Waals surface area contributed by atoms with E-state index >= 15 is 0 Å². The van der Waals surface area contributed by atoms with Crippen LogP contribution in [0.5, 0.6) is 5.75 Å². The summed E-state index contributed by atoms with van der Waals surface area (Å²) in [5.74, 6) is -0.286. The zero-order valence-electron chi connectivity index (χ0n) is 16.8. The lowest BCUT2D eigenvalue weighted by atomic mass is 10.1. The summed E-state index contributed by atoms with van der Waals surface area (Å²) in [6.45, 7) is 0. The summed E-state index contributed by atoms with van der Waals surface area (Å²) in [7, 11) is 1.38. The number of rotatable bonds is 3. The van der Waals surface area contributed by atoms with E-state index in [0.717, 1.165) is 4.52 Å². The van der Waals surface area contributed by atoms with Crippen LogP contribution in [0.2, 0.25) is 0 Å². The van der Waals surface area contributed by atoms with Crippen LogP contribution in [0.3, 0.4) is 0 Å². The van der Waals surface area contributed by atoms with Crippen LogP contribution in [0.4, 0.5) is 13.2 Å². The van der Waals surface area contributed by atoms with Crippen LogP contribution in [0.1, 0.15) is 11.4 Å². The third kappa shape index (κ3) is 3.11. The van der Waals surface area contributed by atoms with Crippen molar-refractivity contribution in [2.45, 2.75) is 6.18 Å². The third-order valence-electron chi connectivity index (χ3n) is 5.05. The Morgan fingerprint density at radius 2 is 1.88 bits per heavy atom. The topological polar surface area (TPSA) is 109 Å². The summed E-state index contributed by atoms with van der Waals surface area (Å²) >= 11 is 0. The third-order valence-corrected chi connectivity index (χ3v) is 5.05. The van der Waals surface area contributed by atoms with Gasteiger partial charge in [0.25, 0.3) is 5.56 Å². The molecule has 3 aromatic heterocycles. The molecule has 0 aliphatic rings. The molecule has 0 aliphatic carbocycles. The fourth-order valence-corrected chi connectivity index (χ4v) is 3.64. The van der Waals surface area contributed by atoms with E-state index < -0.39 is 28.9 Å². The zero-order chi connectivity index (χ0) is 23.3. The molecule has 33 heavy (non-hydrogen) atoms. The van der Waals surface area contributed by atoms with Crippen molar-refractivity contribution in [3.63, 3.8) is 0 Å². The second-order valence-corrected chi connectivity index (χ2v) is 6.97. The number of para-hydroxylation sites is 1. The van der Waals surface area contributed by atoms with Crippen LogP contribution < -0.4 is 10.3 Å². The largest absolute Gasteiger partial charge is 0.494 e. The van der Waals surface area contributed by atoms with Crippen molar-refractivity contribution >= 4 is 16.7 Å². The van der Waals surface area contributed by atoms with Crippen LogP contribution in [-0.2, 0) is 6.18 Å². The molecule has 5 aromatic rings. The van der Waals surface area contributed by atoms with Gasteiger partial charge in [0.1, 0.15) is 28.7 Å². The highest BCUT2D eigenvalue weighted by Crippen LogP contribution is 2.37. The molecule has 0 radical (unpaired) electrons. The van der Waals surface area contributed by atoms with Gasteiger partial charge in [-0.15, -0.1) is 0 Å². The molecule has 11 heteroatoms. The maximum Gasteiger partial charge on any atom is 0.432 e. The van der Waals surface area contributed by atoms with Gasteiger partial charge in [-0.25, -0.2) is 4.98 Å². The molecule has 0 aliphatic heterocycles. The SMILES string of the molecule is COc1cccc2oc(-c3c(C(F)(F)F)[nH]c4c(-c5ccccc5)c(C#N)nn4c3=O)nc12. The number of hydrogen-bond acceptors (Lipinski definition) is 6. The van der Waals surface area contributed by atoms with Gasteiger partial charge in [-0.2, -0.15) is 28.0 Å². The van der Waals surface area contributed by atoms with E-state index in [1.54, 1.807) is 42.5 Å². The summed E-state index contributed by atoms with van der Waals surface area (Å²) in [5, 5.41) is 13.5. The van der Waals surface area contributed by atoms with Crippen LogP contribution in [0.25, 0.3) is 39.3 Å². The molecule has 0 unspecified atom stereocenters. The quantitative estimate of drug-likeness (QED) is 0.436. The van der Waals surface area contributed by atoms with Crippen LogP contribution >= 0.6 is 0 Å². The minimum absolute atomic E-state index is 0.0754. The van der Waals surface area contributed by atoms with E-state index in [0.29, 0.717) is 5.56 Å². The predicted molar refractivity (Wildman–Crippen MR) is 111 cm³/mol. The van der Waals surface area contributed by atoms with Gasteiger partial charge in [0, 0.05) is 0 Å². The normalized spacial score (nSPS) is 11.7. The number of oxazole rings is 1. The lowest BCUT2D eigenvalue weighted by Gasteiger charge is -2.11. The van der Waals surface area contributed by atoms with Gasteiger partial charge >= 0.3 is 6.18 Å². The molecule has 5 rings (SSSR count). The number of H-pyrrole nitrogens is 1. The van der Waals surface area contributed by atoms with Gasteiger partial charge < -0.3 is 14.1 Å². The number of hydrogen-bond donors (Lipinski definition) is 1. The molecule has 2 aromatic carbocycles. The molecule has 164 valence electrons. The average molecular weight is 451 g/mol. The highest BCUT2D eigenvalue weighted by molar-refractivity contribution is 5.84. The smallest absolute Gasteiger partial charge is 0.432 e. The Balaban J connectivity index is 1.89. The first kappa shape index (κ1) is 20.3. The maximum atomic E-state index is 14.1. The summed E-state index contributed by atoms with van der Waals surface area (Å²) < 4.78 is 53.7. The Bertz CT molecular complexity index is 1630. The van der Waals surface area contributed by atoms with Crippen molar-refractivity contribution in [2.75, 3.05) is 7.11 Å². The van der Waals surface area contributed by atoms with E-state index in [4.69, 9.17) is 9.15 Å². The lowest BCUT2D eigenvalue weighted by molar-refractivity contribution is -0.140. The van der Waals surface area contributed by atoms with Crippen molar-refractivity contribution in [2.24, 2.45) is 0 Å². The molecule has 0 fully saturated rings. The number of methoxy groups -OCH3 is 1. The number of aromatic amines is 1. The molecule has 0 bridgehead atoms. The van der Waals surface area contributed by atoms with Crippen molar-refractivity contribution in [3.8, 4) is 34.4 Å². The summed E-state index contributed by atoms with van der Waals surface area (Å²) in [5.41, 5.74) is -3.05. The highest BCUT2D eigenvalue weighted by Gasteiger charge is 2.39. The first-order valence-electron chi connectivity index (χ1n) is 9.49. The zero-order valence-corrected chi connectivity index (χ0v) is 16.8. The fourth-order valence-electron chi connectivity index (χ4n) is 3.64. The standard InChI is InChI=1S/C22H12F3N5O3/c1-32-13-8-5-9-14-17(13)27-20(33-14)16-18(22(23,24)25)28-19-15(11-6-3-2-4-7-11)12(10-26)29-30(19)21(16)31/h2-9,28H,1H3. The first-order chi connectivity index (χ1) is 15.8. The molecular weight excluding hydrogens is 439 g/mol. The number of ether oxygens (including phenoxy) is 1. The molecule has 0 spiro atoms. The van der Waals surface area contributed by atoms with E-state index in [1.165, 1.54) is 13.2 Å². The van der Waals surface area contributed by atoms with Gasteiger partial charge in [0.2, 0.25) is 5.89 Å². The molecule has 1 N–H and O–H groups in total. The lowest BCUT2D eigenvalue weighted by Crippen LogP contribution is -2.24.